The average molecular weight is 342 g/mol. The van der Waals surface area contributed by atoms with E-state index >= 15 is 0 Å². The number of aliphatic hydroxyl groups is 1. The van der Waals surface area contributed by atoms with Gasteiger partial charge in [0.1, 0.15) is 0 Å². The van der Waals surface area contributed by atoms with Gasteiger partial charge in [-0.2, -0.15) is 5.10 Å². The van der Waals surface area contributed by atoms with E-state index in [1.165, 1.54) is 0 Å². The second-order valence-electron chi connectivity index (χ2n) is 7.43. The third-order valence-electron chi connectivity index (χ3n) is 5.36. The summed E-state index contributed by atoms with van der Waals surface area (Å²) in [4.78, 5) is 4.63. The molecule has 0 unspecified atom stereocenters. The van der Waals surface area contributed by atoms with Crippen LogP contribution in [0.25, 0.3) is 5.82 Å². The van der Waals surface area contributed by atoms with Crippen molar-refractivity contribution < 1.29 is 5.11 Å². The molecule has 1 aliphatic carbocycles. The lowest BCUT2D eigenvalue weighted by atomic mass is 9.80. The lowest BCUT2D eigenvalue weighted by Gasteiger charge is -2.43. The Morgan fingerprint density at radius 3 is 2.24 bits per heavy atom. The molecule has 3 heterocycles. The molecule has 1 saturated heterocycles. The summed E-state index contributed by atoms with van der Waals surface area (Å²) in [7, 11) is 0. The highest BCUT2D eigenvalue weighted by Crippen LogP contribution is 2.32. The molecule has 7 nitrogen and oxygen atoms in total. The molecular formula is C18H26N6O. The van der Waals surface area contributed by atoms with Crippen LogP contribution >= 0.6 is 0 Å². The largest absolute Gasteiger partial charge is 0.389 e. The minimum Gasteiger partial charge on any atom is -0.389 e. The van der Waals surface area contributed by atoms with Crippen molar-refractivity contribution in [3.8, 4) is 5.82 Å². The van der Waals surface area contributed by atoms with Crippen LogP contribution in [0.2, 0.25) is 0 Å². The molecule has 134 valence electrons. The molecule has 2 aliphatic rings. The summed E-state index contributed by atoms with van der Waals surface area (Å²) in [5.41, 5.74) is 1.61. The van der Waals surface area contributed by atoms with E-state index < -0.39 is 5.60 Å². The fourth-order valence-corrected chi connectivity index (χ4v) is 3.75. The molecule has 1 saturated carbocycles. The molecule has 7 heteroatoms. The number of hydrogen-bond acceptors (Lipinski definition) is 6. The van der Waals surface area contributed by atoms with Gasteiger partial charge in [-0.05, 0) is 51.3 Å². The number of nitrogens with zero attached hydrogens (tertiary/aromatic N) is 6. The Labute approximate surface area is 148 Å². The van der Waals surface area contributed by atoms with E-state index in [1.807, 2.05) is 36.7 Å². The quantitative estimate of drug-likeness (QED) is 0.904. The summed E-state index contributed by atoms with van der Waals surface area (Å²) in [5, 5.41) is 23.5. The Bertz CT molecular complexity index is 729. The van der Waals surface area contributed by atoms with Crippen molar-refractivity contribution in [2.75, 3.05) is 37.6 Å². The summed E-state index contributed by atoms with van der Waals surface area (Å²) in [6.07, 6.45) is 3.06. The first-order valence-corrected chi connectivity index (χ1v) is 9.10. The van der Waals surface area contributed by atoms with E-state index in [9.17, 15) is 5.11 Å². The Kier molecular flexibility index (Phi) is 4.21. The van der Waals surface area contributed by atoms with Crippen LogP contribution in [0, 0.1) is 13.8 Å². The Hall–Kier alpha value is -1.99. The van der Waals surface area contributed by atoms with Crippen molar-refractivity contribution in [2.24, 2.45) is 0 Å². The molecule has 2 aromatic rings. The Morgan fingerprint density at radius 1 is 1.04 bits per heavy atom. The first-order chi connectivity index (χ1) is 12.0. The maximum absolute atomic E-state index is 10.3. The van der Waals surface area contributed by atoms with Crippen LogP contribution in [-0.2, 0) is 0 Å². The molecule has 1 N–H and O–H groups in total. The summed E-state index contributed by atoms with van der Waals surface area (Å²) in [6.45, 7) is 8.57. The second-order valence-corrected chi connectivity index (χ2v) is 7.43. The highest BCUT2D eigenvalue weighted by atomic mass is 16.3. The molecule has 4 rings (SSSR count). The number of aromatic nitrogens is 4. The van der Waals surface area contributed by atoms with Gasteiger partial charge in [-0.15, -0.1) is 10.2 Å². The van der Waals surface area contributed by atoms with E-state index in [2.05, 4.69) is 25.1 Å². The van der Waals surface area contributed by atoms with Crippen LogP contribution in [-0.4, -0.2) is 68.3 Å². The number of β-amino-alcohol motifs (C(OH)–C–C–N with tert-alkyl or cyclic N) is 1. The van der Waals surface area contributed by atoms with Crippen molar-refractivity contribution in [2.45, 2.75) is 38.7 Å². The molecule has 0 atom stereocenters. The molecule has 25 heavy (non-hydrogen) atoms. The molecule has 2 fully saturated rings. The first-order valence-electron chi connectivity index (χ1n) is 9.10. The monoisotopic (exact) mass is 342 g/mol. The number of hydrogen-bond donors (Lipinski definition) is 1. The van der Waals surface area contributed by atoms with E-state index in [0.717, 1.165) is 75.0 Å². The topological polar surface area (TPSA) is 70.3 Å². The van der Waals surface area contributed by atoms with Gasteiger partial charge in [0.05, 0.1) is 11.3 Å². The van der Waals surface area contributed by atoms with Crippen LogP contribution in [0.3, 0.4) is 0 Å². The molecule has 2 aromatic heterocycles. The molecule has 0 amide bonds. The minimum atomic E-state index is -0.427. The lowest BCUT2D eigenvalue weighted by Crippen LogP contribution is -2.54. The first kappa shape index (κ1) is 16.5. The summed E-state index contributed by atoms with van der Waals surface area (Å²) in [6, 6.07) is 6.03. The second kappa shape index (κ2) is 6.38. The van der Waals surface area contributed by atoms with Gasteiger partial charge in [0.2, 0.25) is 0 Å². The van der Waals surface area contributed by atoms with E-state index in [0.29, 0.717) is 0 Å². The number of aryl methyl sites for hydroxylation is 2. The summed E-state index contributed by atoms with van der Waals surface area (Å²) >= 11 is 0. The van der Waals surface area contributed by atoms with Gasteiger partial charge in [-0.3, -0.25) is 4.90 Å². The van der Waals surface area contributed by atoms with Gasteiger partial charge >= 0.3 is 0 Å². The molecule has 1 aliphatic heterocycles. The van der Waals surface area contributed by atoms with Crippen LogP contribution in [0.15, 0.2) is 18.2 Å². The predicted octanol–water partition coefficient (Wildman–Crippen LogP) is 1.32. The normalized spacial score (nSPS) is 20.5. The Balaban J connectivity index is 1.37. The van der Waals surface area contributed by atoms with Crippen molar-refractivity contribution in [1.82, 2.24) is 24.9 Å². The summed E-state index contributed by atoms with van der Waals surface area (Å²) < 4.78 is 1.82. The van der Waals surface area contributed by atoms with E-state index in [-0.39, 0.29) is 0 Å². The maximum Gasteiger partial charge on any atom is 0.176 e. The van der Waals surface area contributed by atoms with Crippen LogP contribution < -0.4 is 4.90 Å². The van der Waals surface area contributed by atoms with Crippen LogP contribution in [0.4, 0.5) is 5.82 Å². The lowest BCUT2D eigenvalue weighted by molar-refractivity contribution is -0.0594. The smallest absolute Gasteiger partial charge is 0.176 e. The van der Waals surface area contributed by atoms with Gasteiger partial charge in [-0.1, -0.05) is 0 Å². The Morgan fingerprint density at radius 2 is 1.72 bits per heavy atom. The highest BCUT2D eigenvalue weighted by Gasteiger charge is 2.36. The third-order valence-corrected chi connectivity index (χ3v) is 5.36. The zero-order chi connectivity index (χ0) is 17.4. The standard InChI is InChI=1S/C18H26N6O/c1-14-12-15(2)24(21-14)17-5-4-16(19-20-17)23-10-8-22(9-11-23)13-18(25)6-3-7-18/h4-5,12,25H,3,6-11,13H2,1-2H3. The van der Waals surface area contributed by atoms with Gasteiger partial charge in [0, 0.05) is 38.4 Å². The molecule has 0 aromatic carbocycles. The van der Waals surface area contributed by atoms with E-state index in [1.54, 1.807) is 0 Å². The van der Waals surface area contributed by atoms with Crippen molar-refractivity contribution >= 4 is 5.82 Å². The number of rotatable bonds is 4. The predicted molar refractivity (Wildman–Crippen MR) is 96.1 cm³/mol. The third kappa shape index (κ3) is 3.39. The van der Waals surface area contributed by atoms with Gasteiger partial charge in [0.25, 0.3) is 0 Å². The van der Waals surface area contributed by atoms with Crippen molar-refractivity contribution in [1.29, 1.82) is 0 Å². The maximum atomic E-state index is 10.3. The molecule has 0 bridgehead atoms. The van der Waals surface area contributed by atoms with Crippen LogP contribution in [0.1, 0.15) is 30.7 Å². The number of anilines is 1. The van der Waals surface area contributed by atoms with E-state index in [4.69, 9.17) is 0 Å². The molecule has 0 radical (unpaired) electrons. The number of piperazine rings is 1. The van der Waals surface area contributed by atoms with Crippen molar-refractivity contribution in [3.05, 3.63) is 29.6 Å². The summed E-state index contributed by atoms with van der Waals surface area (Å²) in [5.74, 6) is 1.66. The highest BCUT2D eigenvalue weighted by molar-refractivity contribution is 5.40. The fraction of sp³-hybridized carbons (Fsp3) is 0.611. The SMILES string of the molecule is Cc1cc(C)n(-c2ccc(N3CCN(CC4(O)CCC4)CC3)nn2)n1. The molecule has 0 spiro atoms. The average Bonchev–Trinajstić information content (AvgIpc) is 2.93. The fourth-order valence-electron chi connectivity index (χ4n) is 3.75. The van der Waals surface area contributed by atoms with Crippen molar-refractivity contribution in [3.63, 3.8) is 0 Å². The zero-order valence-electron chi connectivity index (χ0n) is 15.0. The molecular weight excluding hydrogens is 316 g/mol. The zero-order valence-corrected chi connectivity index (χ0v) is 15.0. The van der Waals surface area contributed by atoms with Gasteiger partial charge in [0.15, 0.2) is 11.6 Å². The van der Waals surface area contributed by atoms with Gasteiger partial charge in [-0.25, -0.2) is 4.68 Å². The minimum absolute atomic E-state index is 0.427. The van der Waals surface area contributed by atoms with Crippen LogP contribution in [0.5, 0.6) is 0 Å². The van der Waals surface area contributed by atoms with Gasteiger partial charge < -0.3 is 10.0 Å².